The molecule has 0 spiro atoms. The van der Waals surface area contributed by atoms with Crippen LogP contribution in [0.25, 0.3) is 11.5 Å². The van der Waals surface area contributed by atoms with Crippen LogP contribution in [0.4, 0.5) is 0 Å². The minimum atomic E-state index is 0.233. The summed E-state index contributed by atoms with van der Waals surface area (Å²) in [5.74, 6) is 1.37. The Morgan fingerprint density at radius 3 is 2.90 bits per heavy atom. The molecule has 21 heavy (non-hydrogen) atoms. The van der Waals surface area contributed by atoms with E-state index in [0.717, 1.165) is 48.5 Å². The number of benzene rings is 1. The molecule has 0 bridgehead atoms. The third kappa shape index (κ3) is 3.33. The lowest BCUT2D eigenvalue weighted by Crippen LogP contribution is -2.45. The van der Waals surface area contributed by atoms with Crippen molar-refractivity contribution in [3.63, 3.8) is 0 Å². The van der Waals surface area contributed by atoms with E-state index in [1.807, 2.05) is 24.3 Å². The Morgan fingerprint density at radius 2 is 2.19 bits per heavy atom. The first-order chi connectivity index (χ1) is 10.3. The standard InChI is InChI=1S/C15H19BrN4O/c1-2-13(20-8-6-17-7-9-20)14-18-15(21-19-14)11-4-3-5-12(16)10-11/h3-5,10,13,17H,2,6-9H2,1H3. The van der Waals surface area contributed by atoms with Crippen molar-refractivity contribution in [2.75, 3.05) is 26.2 Å². The predicted molar refractivity (Wildman–Crippen MR) is 84.9 cm³/mol. The first-order valence-electron chi connectivity index (χ1n) is 7.32. The summed E-state index contributed by atoms with van der Waals surface area (Å²) in [6.07, 6.45) is 0.984. The van der Waals surface area contributed by atoms with Crippen molar-refractivity contribution < 1.29 is 4.52 Å². The normalized spacial score (nSPS) is 17.8. The Morgan fingerprint density at radius 1 is 1.38 bits per heavy atom. The molecule has 1 unspecified atom stereocenters. The SMILES string of the molecule is CCC(c1noc(-c2cccc(Br)c2)n1)N1CCNCC1. The van der Waals surface area contributed by atoms with Gasteiger partial charge in [-0.05, 0) is 24.6 Å². The maximum atomic E-state index is 5.46. The van der Waals surface area contributed by atoms with Gasteiger partial charge in [0.2, 0.25) is 0 Å². The van der Waals surface area contributed by atoms with E-state index in [9.17, 15) is 0 Å². The highest BCUT2D eigenvalue weighted by atomic mass is 79.9. The molecule has 1 N–H and O–H groups in total. The van der Waals surface area contributed by atoms with Crippen LogP contribution in [0.3, 0.4) is 0 Å². The summed E-state index contributed by atoms with van der Waals surface area (Å²) in [5.41, 5.74) is 0.943. The van der Waals surface area contributed by atoms with Gasteiger partial charge in [0, 0.05) is 36.2 Å². The molecule has 6 heteroatoms. The second-order valence-electron chi connectivity index (χ2n) is 5.18. The summed E-state index contributed by atoms with van der Waals surface area (Å²) in [4.78, 5) is 7.03. The summed E-state index contributed by atoms with van der Waals surface area (Å²) in [6, 6.07) is 8.15. The largest absolute Gasteiger partial charge is 0.334 e. The third-order valence-corrected chi connectivity index (χ3v) is 4.28. The van der Waals surface area contributed by atoms with E-state index in [2.05, 4.69) is 43.2 Å². The lowest BCUT2D eigenvalue weighted by atomic mass is 10.1. The van der Waals surface area contributed by atoms with Gasteiger partial charge < -0.3 is 9.84 Å². The van der Waals surface area contributed by atoms with Gasteiger partial charge in [-0.2, -0.15) is 4.98 Å². The molecule has 1 aliphatic rings. The van der Waals surface area contributed by atoms with Gasteiger partial charge in [-0.15, -0.1) is 0 Å². The average Bonchev–Trinajstić information content (AvgIpc) is 2.99. The molecule has 112 valence electrons. The lowest BCUT2D eigenvalue weighted by molar-refractivity contribution is 0.160. The zero-order chi connectivity index (χ0) is 14.7. The fourth-order valence-corrected chi connectivity index (χ4v) is 3.11. The number of piperazine rings is 1. The number of halogens is 1. The second-order valence-corrected chi connectivity index (χ2v) is 6.09. The van der Waals surface area contributed by atoms with Gasteiger partial charge in [0.15, 0.2) is 5.82 Å². The molecule has 1 aromatic heterocycles. The molecule has 0 saturated carbocycles. The van der Waals surface area contributed by atoms with Gasteiger partial charge in [-0.3, -0.25) is 4.90 Å². The Hall–Kier alpha value is -1.24. The van der Waals surface area contributed by atoms with Gasteiger partial charge in [0.1, 0.15) is 0 Å². The molecule has 1 aromatic carbocycles. The van der Waals surface area contributed by atoms with Gasteiger partial charge in [0.25, 0.3) is 5.89 Å². The summed E-state index contributed by atoms with van der Waals surface area (Å²) < 4.78 is 6.46. The van der Waals surface area contributed by atoms with Crippen LogP contribution in [0.15, 0.2) is 33.3 Å². The van der Waals surface area contributed by atoms with Crippen molar-refractivity contribution in [3.8, 4) is 11.5 Å². The monoisotopic (exact) mass is 350 g/mol. The van der Waals surface area contributed by atoms with Crippen molar-refractivity contribution in [1.82, 2.24) is 20.4 Å². The van der Waals surface area contributed by atoms with Crippen molar-refractivity contribution in [2.24, 2.45) is 0 Å². The molecule has 2 aromatic rings. The van der Waals surface area contributed by atoms with E-state index < -0.39 is 0 Å². The zero-order valence-corrected chi connectivity index (χ0v) is 13.6. The third-order valence-electron chi connectivity index (χ3n) is 3.79. The van der Waals surface area contributed by atoms with Crippen molar-refractivity contribution in [1.29, 1.82) is 0 Å². The number of rotatable bonds is 4. The number of nitrogens with one attached hydrogen (secondary N) is 1. The maximum absolute atomic E-state index is 5.46. The first-order valence-corrected chi connectivity index (χ1v) is 8.11. The molecular formula is C15H19BrN4O. The summed E-state index contributed by atoms with van der Waals surface area (Å²) in [7, 11) is 0. The van der Waals surface area contributed by atoms with Crippen molar-refractivity contribution in [3.05, 3.63) is 34.6 Å². The predicted octanol–water partition coefficient (Wildman–Crippen LogP) is 2.86. The molecule has 0 radical (unpaired) electrons. The molecular weight excluding hydrogens is 332 g/mol. The first kappa shape index (κ1) is 14.7. The number of nitrogens with zero attached hydrogens (tertiary/aromatic N) is 3. The lowest BCUT2D eigenvalue weighted by Gasteiger charge is -2.32. The maximum Gasteiger partial charge on any atom is 0.258 e. The molecule has 5 nitrogen and oxygen atoms in total. The Labute approximate surface area is 132 Å². The highest BCUT2D eigenvalue weighted by Crippen LogP contribution is 2.26. The van der Waals surface area contributed by atoms with E-state index >= 15 is 0 Å². The minimum Gasteiger partial charge on any atom is -0.334 e. The molecule has 0 aliphatic carbocycles. The van der Waals surface area contributed by atoms with Gasteiger partial charge in [0.05, 0.1) is 6.04 Å². The zero-order valence-electron chi connectivity index (χ0n) is 12.1. The smallest absolute Gasteiger partial charge is 0.258 e. The molecule has 1 saturated heterocycles. The summed E-state index contributed by atoms with van der Waals surface area (Å²) >= 11 is 3.47. The highest BCUT2D eigenvalue weighted by molar-refractivity contribution is 9.10. The van der Waals surface area contributed by atoms with Gasteiger partial charge >= 0.3 is 0 Å². The van der Waals surface area contributed by atoms with Crippen LogP contribution in [-0.4, -0.2) is 41.2 Å². The molecule has 1 atom stereocenters. The number of hydrogen-bond donors (Lipinski definition) is 1. The Kier molecular flexibility index (Phi) is 4.67. The number of aromatic nitrogens is 2. The fraction of sp³-hybridized carbons (Fsp3) is 0.467. The van der Waals surface area contributed by atoms with E-state index in [0.29, 0.717) is 5.89 Å². The van der Waals surface area contributed by atoms with Crippen molar-refractivity contribution >= 4 is 15.9 Å². The molecule has 2 heterocycles. The summed E-state index contributed by atoms with van der Waals surface area (Å²) in [5, 5.41) is 7.58. The second kappa shape index (κ2) is 6.68. The van der Waals surface area contributed by atoms with Crippen LogP contribution in [-0.2, 0) is 0 Å². The van der Waals surface area contributed by atoms with Crippen LogP contribution in [0, 0.1) is 0 Å². The molecule has 3 rings (SSSR count). The number of hydrogen-bond acceptors (Lipinski definition) is 5. The molecule has 1 fully saturated rings. The van der Waals surface area contributed by atoms with E-state index in [1.54, 1.807) is 0 Å². The average molecular weight is 351 g/mol. The highest BCUT2D eigenvalue weighted by Gasteiger charge is 2.25. The quantitative estimate of drug-likeness (QED) is 0.918. The van der Waals surface area contributed by atoms with E-state index in [1.165, 1.54) is 0 Å². The van der Waals surface area contributed by atoms with Crippen LogP contribution in [0.5, 0.6) is 0 Å². The Bertz CT molecular complexity index is 595. The van der Waals surface area contributed by atoms with Gasteiger partial charge in [-0.1, -0.05) is 34.1 Å². The van der Waals surface area contributed by atoms with Crippen molar-refractivity contribution in [2.45, 2.75) is 19.4 Å². The van der Waals surface area contributed by atoms with E-state index in [-0.39, 0.29) is 6.04 Å². The summed E-state index contributed by atoms with van der Waals surface area (Å²) in [6.45, 7) is 6.26. The van der Waals surface area contributed by atoms with E-state index in [4.69, 9.17) is 4.52 Å². The minimum absolute atomic E-state index is 0.233. The topological polar surface area (TPSA) is 54.2 Å². The van der Waals surface area contributed by atoms with Crippen LogP contribution in [0.2, 0.25) is 0 Å². The van der Waals surface area contributed by atoms with Gasteiger partial charge in [-0.25, -0.2) is 0 Å². The van der Waals surface area contributed by atoms with Crippen LogP contribution in [0.1, 0.15) is 25.2 Å². The fourth-order valence-electron chi connectivity index (χ4n) is 2.71. The molecule has 1 aliphatic heterocycles. The Balaban J connectivity index is 1.82. The van der Waals surface area contributed by atoms with Crippen LogP contribution < -0.4 is 5.32 Å². The molecule has 0 amide bonds. The van der Waals surface area contributed by atoms with Crippen LogP contribution >= 0.6 is 15.9 Å².